The van der Waals surface area contributed by atoms with E-state index in [1.54, 1.807) is 6.08 Å². The van der Waals surface area contributed by atoms with Crippen molar-refractivity contribution in [2.45, 2.75) is 315 Å². The molecule has 0 bridgehead atoms. The number of amides is 1. The van der Waals surface area contributed by atoms with Crippen molar-refractivity contribution in [1.82, 2.24) is 5.32 Å². The van der Waals surface area contributed by atoms with Gasteiger partial charge in [-0.2, -0.15) is 0 Å². The van der Waals surface area contributed by atoms with E-state index < -0.39 is 12.1 Å². The largest absolute Gasteiger partial charge is 0.466 e. The summed E-state index contributed by atoms with van der Waals surface area (Å²) < 4.78 is 5.45. The molecule has 2 unspecified atom stereocenters. The normalized spacial score (nSPS) is 12.9. The van der Waals surface area contributed by atoms with Gasteiger partial charge >= 0.3 is 5.97 Å². The first kappa shape index (κ1) is 63.1. The van der Waals surface area contributed by atoms with E-state index in [2.05, 4.69) is 43.5 Å². The fourth-order valence-corrected chi connectivity index (χ4v) is 8.73. The summed E-state index contributed by atoms with van der Waals surface area (Å²) in [5.74, 6) is -0.0959. The second-order valence-corrected chi connectivity index (χ2v) is 19.6. The Kier molecular flexibility index (Phi) is 53.1. The fourth-order valence-electron chi connectivity index (χ4n) is 8.73. The molecule has 0 aromatic heterocycles. The maximum absolute atomic E-state index is 12.5. The Morgan fingerprint density at radius 1 is 0.431 bits per heavy atom. The molecule has 0 spiro atoms. The number of allylic oxidation sites excluding steroid dienone is 5. The number of hydrogen-bond acceptors (Lipinski definition) is 5. The van der Waals surface area contributed by atoms with Crippen LogP contribution in [0.5, 0.6) is 0 Å². The summed E-state index contributed by atoms with van der Waals surface area (Å²) in [7, 11) is 0. The van der Waals surface area contributed by atoms with Gasteiger partial charge in [0.15, 0.2) is 0 Å². The van der Waals surface area contributed by atoms with Crippen LogP contribution in [0.3, 0.4) is 0 Å². The van der Waals surface area contributed by atoms with Crippen LogP contribution < -0.4 is 5.32 Å². The van der Waals surface area contributed by atoms with Crippen molar-refractivity contribution in [2.75, 3.05) is 13.2 Å². The van der Waals surface area contributed by atoms with E-state index in [9.17, 15) is 19.8 Å². The van der Waals surface area contributed by atoms with E-state index >= 15 is 0 Å². The minimum atomic E-state index is -0.853. The lowest BCUT2D eigenvalue weighted by Gasteiger charge is -2.20. The second kappa shape index (κ2) is 54.7. The summed E-state index contributed by atoms with van der Waals surface area (Å²) in [6, 6.07) is -0.637. The number of ether oxygens (including phenoxy) is 1. The molecule has 0 saturated heterocycles. The first-order valence-electron chi connectivity index (χ1n) is 28.8. The SMILES string of the molecule is CCC/C=C\C/C=C\CCCCCCCC(=O)OCCCCCCCCCCCCCCCCC(=O)NC(CO)C(O)/C=C/CCCCCCCCCCCCCCCCCCCCC. The minimum absolute atomic E-state index is 0.0187. The number of esters is 1. The highest BCUT2D eigenvalue weighted by atomic mass is 16.5. The number of hydrogen-bond donors (Lipinski definition) is 3. The molecule has 0 aromatic rings. The number of unbranched alkanes of at least 4 members (excludes halogenated alkanes) is 38. The van der Waals surface area contributed by atoms with Crippen molar-refractivity contribution in [2.24, 2.45) is 0 Å². The molecule has 0 aliphatic carbocycles. The molecular formula is C59H111NO5. The zero-order valence-electron chi connectivity index (χ0n) is 43.5. The zero-order valence-corrected chi connectivity index (χ0v) is 43.5. The van der Waals surface area contributed by atoms with E-state index in [1.165, 1.54) is 205 Å². The van der Waals surface area contributed by atoms with Crippen LogP contribution in [-0.4, -0.2) is 47.4 Å². The van der Waals surface area contributed by atoms with E-state index in [1.807, 2.05) is 6.08 Å². The van der Waals surface area contributed by atoms with Crippen LogP contribution in [0.2, 0.25) is 0 Å². The number of carbonyl (C=O) groups is 2. The first-order chi connectivity index (χ1) is 32.0. The summed E-state index contributed by atoms with van der Waals surface area (Å²) in [5.41, 5.74) is 0. The smallest absolute Gasteiger partial charge is 0.305 e. The lowest BCUT2D eigenvalue weighted by Crippen LogP contribution is -2.45. The van der Waals surface area contributed by atoms with Crippen molar-refractivity contribution in [1.29, 1.82) is 0 Å². The van der Waals surface area contributed by atoms with Crippen LogP contribution in [0.1, 0.15) is 303 Å². The molecule has 0 radical (unpaired) electrons. The second-order valence-electron chi connectivity index (χ2n) is 19.6. The molecule has 65 heavy (non-hydrogen) atoms. The van der Waals surface area contributed by atoms with Crippen LogP contribution >= 0.6 is 0 Å². The van der Waals surface area contributed by atoms with Crippen molar-refractivity contribution in [3.8, 4) is 0 Å². The van der Waals surface area contributed by atoms with Gasteiger partial charge in [0, 0.05) is 12.8 Å². The lowest BCUT2D eigenvalue weighted by molar-refractivity contribution is -0.143. The predicted molar refractivity (Wildman–Crippen MR) is 283 cm³/mol. The predicted octanol–water partition coefficient (Wildman–Crippen LogP) is 17.6. The van der Waals surface area contributed by atoms with Crippen molar-refractivity contribution < 1.29 is 24.5 Å². The Morgan fingerprint density at radius 3 is 1.23 bits per heavy atom. The molecule has 0 aliphatic heterocycles. The molecule has 382 valence electrons. The van der Waals surface area contributed by atoms with E-state index in [-0.39, 0.29) is 18.5 Å². The van der Waals surface area contributed by atoms with Gasteiger partial charge in [0.1, 0.15) is 0 Å². The van der Waals surface area contributed by atoms with Crippen molar-refractivity contribution in [3.05, 3.63) is 36.5 Å². The highest BCUT2D eigenvalue weighted by Crippen LogP contribution is 2.17. The third kappa shape index (κ3) is 51.3. The van der Waals surface area contributed by atoms with Gasteiger partial charge in [0.05, 0.1) is 25.4 Å². The molecule has 0 aromatic carbocycles. The zero-order chi connectivity index (χ0) is 47.2. The molecule has 6 nitrogen and oxygen atoms in total. The molecule has 0 fully saturated rings. The van der Waals surface area contributed by atoms with Gasteiger partial charge in [-0.3, -0.25) is 9.59 Å². The van der Waals surface area contributed by atoms with Crippen LogP contribution in [0, 0.1) is 0 Å². The van der Waals surface area contributed by atoms with Gasteiger partial charge in [-0.15, -0.1) is 0 Å². The molecule has 0 heterocycles. The summed E-state index contributed by atoms with van der Waals surface area (Å²) >= 11 is 0. The van der Waals surface area contributed by atoms with Gasteiger partial charge in [0.2, 0.25) is 5.91 Å². The van der Waals surface area contributed by atoms with Gasteiger partial charge in [-0.25, -0.2) is 0 Å². The molecule has 1 amide bonds. The van der Waals surface area contributed by atoms with Gasteiger partial charge in [-0.05, 0) is 57.8 Å². The minimum Gasteiger partial charge on any atom is -0.466 e. The van der Waals surface area contributed by atoms with E-state index in [0.29, 0.717) is 19.4 Å². The Hall–Kier alpha value is -1.92. The number of aliphatic hydroxyl groups excluding tert-OH is 2. The average molecular weight is 915 g/mol. The summed E-state index contributed by atoms with van der Waals surface area (Å²) in [5, 5.41) is 23.2. The van der Waals surface area contributed by atoms with Gasteiger partial charge in [-0.1, -0.05) is 269 Å². The Bertz CT molecular complexity index is 1060. The maximum Gasteiger partial charge on any atom is 0.305 e. The standard InChI is InChI=1S/C59H111NO5/c1-3-5-7-9-11-13-15-17-18-19-20-21-22-23-24-28-31-35-39-43-47-51-57(62)56(55-61)60-58(63)52-48-44-40-36-32-29-25-26-30-34-38-42-46-50-54-65-59(64)53-49-45-41-37-33-27-16-14-12-10-8-6-4-2/h8,10,14,16,47,51,56-57,61-62H,3-7,9,11-13,15,17-46,48-50,52-55H2,1-2H3,(H,60,63)/b10-8-,16-14-,51-47+. The molecule has 6 heteroatoms. The van der Waals surface area contributed by atoms with Crippen LogP contribution in [-0.2, 0) is 14.3 Å². The molecule has 3 N–H and O–H groups in total. The summed E-state index contributed by atoms with van der Waals surface area (Å²) in [4.78, 5) is 24.5. The Labute approximate surface area is 404 Å². The Morgan fingerprint density at radius 2 is 0.800 bits per heavy atom. The van der Waals surface area contributed by atoms with Crippen molar-refractivity contribution in [3.63, 3.8) is 0 Å². The van der Waals surface area contributed by atoms with Crippen LogP contribution in [0.15, 0.2) is 36.5 Å². The fraction of sp³-hybridized carbons (Fsp3) is 0.864. The van der Waals surface area contributed by atoms with Gasteiger partial charge < -0.3 is 20.3 Å². The maximum atomic E-state index is 12.5. The highest BCUT2D eigenvalue weighted by molar-refractivity contribution is 5.76. The summed E-state index contributed by atoms with van der Waals surface area (Å²) in [6.07, 6.45) is 67.3. The summed E-state index contributed by atoms with van der Waals surface area (Å²) in [6.45, 7) is 4.82. The average Bonchev–Trinajstić information content (AvgIpc) is 3.31. The molecule has 0 aliphatic rings. The van der Waals surface area contributed by atoms with Crippen LogP contribution in [0.25, 0.3) is 0 Å². The lowest BCUT2D eigenvalue weighted by atomic mass is 10.0. The molecule has 2 atom stereocenters. The van der Waals surface area contributed by atoms with Crippen molar-refractivity contribution >= 4 is 11.9 Å². The number of aliphatic hydroxyl groups is 2. The number of carbonyl (C=O) groups excluding carboxylic acids is 2. The molecule has 0 rings (SSSR count). The molecular weight excluding hydrogens is 803 g/mol. The van der Waals surface area contributed by atoms with Gasteiger partial charge in [0.25, 0.3) is 0 Å². The highest BCUT2D eigenvalue weighted by Gasteiger charge is 2.18. The number of rotatable bonds is 53. The Balaban J connectivity index is 3.49. The first-order valence-corrected chi connectivity index (χ1v) is 28.8. The monoisotopic (exact) mass is 914 g/mol. The quantitative estimate of drug-likeness (QED) is 0.0321. The van der Waals surface area contributed by atoms with E-state index in [0.717, 1.165) is 70.6 Å². The van der Waals surface area contributed by atoms with Crippen LogP contribution in [0.4, 0.5) is 0 Å². The van der Waals surface area contributed by atoms with E-state index in [4.69, 9.17) is 4.74 Å². The topological polar surface area (TPSA) is 95.9 Å². The third-order valence-corrected chi connectivity index (χ3v) is 13.1. The number of nitrogens with one attached hydrogen (secondary N) is 1. The molecule has 0 saturated carbocycles. The third-order valence-electron chi connectivity index (χ3n) is 13.1.